The lowest BCUT2D eigenvalue weighted by atomic mass is 10.0. The number of amides is 2. The van der Waals surface area contributed by atoms with Crippen LogP contribution in [-0.2, 0) is 16.0 Å². The zero-order valence-electron chi connectivity index (χ0n) is 16.3. The van der Waals surface area contributed by atoms with Crippen LogP contribution in [0.25, 0.3) is 0 Å². The molecule has 2 N–H and O–H groups in total. The quantitative estimate of drug-likeness (QED) is 0.781. The van der Waals surface area contributed by atoms with Crippen molar-refractivity contribution in [3.05, 3.63) is 59.9 Å². The van der Waals surface area contributed by atoms with E-state index in [9.17, 15) is 19.1 Å². The van der Waals surface area contributed by atoms with E-state index in [0.717, 1.165) is 5.56 Å². The number of nitrogens with zero attached hydrogens (tertiary/aromatic N) is 1. The standard InChI is InChI=1S/C22H25FN2O4/c1-15(29-20-8-6-19(26)7-9-20)22(28)24-18-10-12-25(13-11-18)21(27)14-16-2-4-17(23)5-3-16/h2-9,15,18,26H,10-14H2,1H3,(H,24,28). The fourth-order valence-corrected chi connectivity index (χ4v) is 3.26. The molecule has 1 heterocycles. The zero-order chi connectivity index (χ0) is 20.8. The number of phenols is 1. The lowest BCUT2D eigenvalue weighted by Crippen LogP contribution is -2.49. The number of hydrogen-bond donors (Lipinski definition) is 2. The average Bonchev–Trinajstić information content (AvgIpc) is 2.72. The second-order valence-corrected chi connectivity index (χ2v) is 7.22. The van der Waals surface area contributed by atoms with Crippen molar-refractivity contribution in [3.63, 3.8) is 0 Å². The van der Waals surface area contributed by atoms with Gasteiger partial charge in [-0.2, -0.15) is 0 Å². The van der Waals surface area contributed by atoms with Gasteiger partial charge in [-0.3, -0.25) is 9.59 Å². The highest BCUT2D eigenvalue weighted by Crippen LogP contribution is 2.18. The van der Waals surface area contributed by atoms with Crippen molar-refractivity contribution in [2.24, 2.45) is 0 Å². The molecule has 0 bridgehead atoms. The average molecular weight is 400 g/mol. The van der Waals surface area contributed by atoms with Crippen LogP contribution in [0.2, 0.25) is 0 Å². The Labute approximate surface area is 169 Å². The summed E-state index contributed by atoms with van der Waals surface area (Å²) in [6.07, 6.45) is 0.923. The molecule has 1 saturated heterocycles. The van der Waals surface area contributed by atoms with Crippen LogP contribution >= 0.6 is 0 Å². The number of ether oxygens (including phenoxy) is 1. The van der Waals surface area contributed by atoms with Gasteiger partial charge in [-0.05, 0) is 61.7 Å². The van der Waals surface area contributed by atoms with Gasteiger partial charge in [0.15, 0.2) is 6.10 Å². The Hall–Kier alpha value is -3.09. The van der Waals surface area contributed by atoms with E-state index in [4.69, 9.17) is 4.74 Å². The van der Waals surface area contributed by atoms with Crippen molar-refractivity contribution < 1.29 is 23.8 Å². The van der Waals surface area contributed by atoms with Crippen LogP contribution in [0.15, 0.2) is 48.5 Å². The van der Waals surface area contributed by atoms with Gasteiger partial charge >= 0.3 is 0 Å². The molecule has 154 valence electrons. The number of nitrogens with one attached hydrogen (secondary N) is 1. The number of benzene rings is 2. The highest BCUT2D eigenvalue weighted by Gasteiger charge is 2.25. The van der Waals surface area contributed by atoms with Crippen molar-refractivity contribution in [2.45, 2.75) is 38.3 Å². The SMILES string of the molecule is CC(Oc1ccc(O)cc1)C(=O)NC1CCN(C(=O)Cc2ccc(F)cc2)CC1. The van der Waals surface area contributed by atoms with Crippen molar-refractivity contribution >= 4 is 11.8 Å². The van der Waals surface area contributed by atoms with E-state index in [2.05, 4.69) is 5.32 Å². The van der Waals surface area contributed by atoms with Crippen LogP contribution in [0, 0.1) is 5.82 Å². The highest BCUT2D eigenvalue weighted by molar-refractivity contribution is 5.81. The molecule has 1 aliphatic rings. The molecule has 1 fully saturated rings. The molecule has 0 aromatic heterocycles. The third kappa shape index (κ3) is 5.94. The number of piperidine rings is 1. The van der Waals surface area contributed by atoms with Crippen LogP contribution in [0.1, 0.15) is 25.3 Å². The molecular weight excluding hydrogens is 375 g/mol. The van der Waals surface area contributed by atoms with Gasteiger partial charge in [-0.1, -0.05) is 12.1 Å². The molecule has 2 aromatic carbocycles. The molecule has 0 aliphatic carbocycles. The lowest BCUT2D eigenvalue weighted by Gasteiger charge is -2.33. The van der Waals surface area contributed by atoms with Crippen molar-refractivity contribution in [1.82, 2.24) is 10.2 Å². The number of aromatic hydroxyl groups is 1. The Morgan fingerprint density at radius 1 is 1.14 bits per heavy atom. The van der Waals surface area contributed by atoms with E-state index in [1.165, 1.54) is 24.3 Å². The van der Waals surface area contributed by atoms with E-state index in [1.54, 1.807) is 36.1 Å². The zero-order valence-corrected chi connectivity index (χ0v) is 16.3. The van der Waals surface area contributed by atoms with E-state index in [0.29, 0.717) is 31.7 Å². The van der Waals surface area contributed by atoms with E-state index in [1.807, 2.05) is 0 Å². The second kappa shape index (κ2) is 9.41. The summed E-state index contributed by atoms with van der Waals surface area (Å²) in [6.45, 7) is 2.81. The van der Waals surface area contributed by atoms with Crippen LogP contribution < -0.4 is 10.1 Å². The van der Waals surface area contributed by atoms with Gasteiger partial charge < -0.3 is 20.1 Å². The number of carbonyl (C=O) groups excluding carboxylic acids is 2. The van der Waals surface area contributed by atoms with Gasteiger partial charge in [-0.15, -0.1) is 0 Å². The summed E-state index contributed by atoms with van der Waals surface area (Å²) in [5, 5.41) is 12.3. The number of likely N-dealkylation sites (tertiary alicyclic amines) is 1. The van der Waals surface area contributed by atoms with Crippen LogP contribution in [0.3, 0.4) is 0 Å². The molecule has 3 rings (SSSR count). The minimum atomic E-state index is -0.669. The maximum atomic E-state index is 13.0. The maximum Gasteiger partial charge on any atom is 0.260 e. The summed E-state index contributed by atoms with van der Waals surface area (Å²) in [4.78, 5) is 26.6. The molecular formula is C22H25FN2O4. The first-order chi connectivity index (χ1) is 13.9. The maximum absolute atomic E-state index is 13.0. The summed E-state index contributed by atoms with van der Waals surface area (Å²) in [6, 6.07) is 12.1. The second-order valence-electron chi connectivity index (χ2n) is 7.22. The first-order valence-corrected chi connectivity index (χ1v) is 9.69. The molecule has 6 nitrogen and oxygen atoms in total. The monoisotopic (exact) mass is 400 g/mol. The molecule has 0 radical (unpaired) electrons. The fourth-order valence-electron chi connectivity index (χ4n) is 3.26. The molecule has 0 spiro atoms. The number of halogens is 1. The topological polar surface area (TPSA) is 78.9 Å². The van der Waals surface area contributed by atoms with Crippen molar-refractivity contribution in [3.8, 4) is 11.5 Å². The van der Waals surface area contributed by atoms with Gasteiger partial charge in [0.2, 0.25) is 5.91 Å². The smallest absolute Gasteiger partial charge is 0.260 e. The summed E-state index contributed by atoms with van der Waals surface area (Å²) in [5.41, 5.74) is 0.784. The number of rotatable bonds is 6. The first-order valence-electron chi connectivity index (χ1n) is 9.69. The Bertz CT molecular complexity index is 831. The Morgan fingerprint density at radius 3 is 2.38 bits per heavy atom. The Balaban J connectivity index is 1.42. The minimum absolute atomic E-state index is 0.00502. The predicted octanol–water partition coefficient (Wildman–Crippen LogP) is 2.65. The van der Waals surface area contributed by atoms with Gasteiger partial charge in [-0.25, -0.2) is 4.39 Å². The molecule has 7 heteroatoms. The molecule has 2 amide bonds. The molecule has 1 aliphatic heterocycles. The minimum Gasteiger partial charge on any atom is -0.508 e. The van der Waals surface area contributed by atoms with E-state index in [-0.39, 0.29) is 35.8 Å². The Morgan fingerprint density at radius 2 is 1.76 bits per heavy atom. The molecule has 1 atom stereocenters. The number of carbonyl (C=O) groups is 2. The summed E-state index contributed by atoms with van der Waals surface area (Å²) in [7, 11) is 0. The molecule has 0 saturated carbocycles. The first kappa shape index (κ1) is 20.6. The molecule has 29 heavy (non-hydrogen) atoms. The normalized spacial score (nSPS) is 15.6. The lowest BCUT2D eigenvalue weighted by molar-refractivity contribution is -0.132. The van der Waals surface area contributed by atoms with Gasteiger partial charge in [0.05, 0.1) is 6.42 Å². The van der Waals surface area contributed by atoms with Crippen LogP contribution in [-0.4, -0.2) is 47.1 Å². The van der Waals surface area contributed by atoms with Crippen molar-refractivity contribution in [2.75, 3.05) is 13.1 Å². The van der Waals surface area contributed by atoms with Gasteiger partial charge in [0.1, 0.15) is 17.3 Å². The third-order valence-corrected chi connectivity index (χ3v) is 4.98. The molecule has 2 aromatic rings. The third-order valence-electron chi connectivity index (χ3n) is 4.98. The van der Waals surface area contributed by atoms with Gasteiger partial charge in [0, 0.05) is 19.1 Å². The fraction of sp³-hybridized carbons (Fsp3) is 0.364. The summed E-state index contributed by atoms with van der Waals surface area (Å²) >= 11 is 0. The van der Waals surface area contributed by atoms with Crippen LogP contribution in [0.5, 0.6) is 11.5 Å². The number of hydrogen-bond acceptors (Lipinski definition) is 4. The molecule has 1 unspecified atom stereocenters. The predicted molar refractivity (Wildman–Crippen MR) is 106 cm³/mol. The van der Waals surface area contributed by atoms with E-state index < -0.39 is 6.10 Å². The van der Waals surface area contributed by atoms with Crippen LogP contribution in [0.4, 0.5) is 4.39 Å². The summed E-state index contributed by atoms with van der Waals surface area (Å²) < 4.78 is 18.6. The summed E-state index contributed by atoms with van der Waals surface area (Å²) in [5.74, 6) is 0.114. The Kier molecular flexibility index (Phi) is 6.69. The van der Waals surface area contributed by atoms with E-state index >= 15 is 0 Å². The highest BCUT2D eigenvalue weighted by atomic mass is 19.1. The largest absolute Gasteiger partial charge is 0.508 e. The number of phenolic OH excluding ortho intramolecular Hbond substituents is 1. The van der Waals surface area contributed by atoms with Crippen molar-refractivity contribution in [1.29, 1.82) is 0 Å². The van der Waals surface area contributed by atoms with Gasteiger partial charge in [0.25, 0.3) is 5.91 Å².